The zero-order valence-corrected chi connectivity index (χ0v) is 7.03. The molecule has 12 heavy (non-hydrogen) atoms. The number of carboxylic acid groups (broad SMARTS) is 1. The van der Waals surface area contributed by atoms with Gasteiger partial charge in [0.1, 0.15) is 5.82 Å². The molecule has 0 fully saturated rings. The summed E-state index contributed by atoms with van der Waals surface area (Å²) in [5, 5.41) is 8.64. The molecule has 0 aliphatic carbocycles. The Morgan fingerprint density at radius 2 is 2.25 bits per heavy atom. The number of carbonyl (C=O) groups is 1. The van der Waals surface area contributed by atoms with Crippen molar-refractivity contribution < 1.29 is 9.90 Å². The van der Waals surface area contributed by atoms with Crippen LogP contribution in [0.1, 0.15) is 28.9 Å². The topological polar surface area (TPSA) is 63.1 Å². The summed E-state index contributed by atoms with van der Waals surface area (Å²) in [5.74, 6) is -0.498. The molecule has 0 bridgehead atoms. The summed E-state index contributed by atoms with van der Waals surface area (Å²) in [5.41, 5.74) is 0.833. The number of aromatic nitrogens is 2. The van der Waals surface area contributed by atoms with Gasteiger partial charge < -0.3 is 5.11 Å². The molecule has 1 aromatic rings. The first-order valence-electron chi connectivity index (χ1n) is 3.71. The van der Waals surface area contributed by atoms with Crippen molar-refractivity contribution in [2.75, 3.05) is 0 Å². The lowest BCUT2D eigenvalue weighted by molar-refractivity contribution is 0.0690. The first kappa shape index (κ1) is 8.64. The molecule has 0 spiro atoms. The van der Waals surface area contributed by atoms with E-state index in [0.29, 0.717) is 5.82 Å². The molecule has 0 aliphatic rings. The molecule has 0 saturated carbocycles. The molecule has 0 aliphatic heterocycles. The van der Waals surface area contributed by atoms with Gasteiger partial charge >= 0.3 is 5.97 Å². The Morgan fingerprint density at radius 1 is 1.58 bits per heavy atom. The fourth-order valence-corrected chi connectivity index (χ4v) is 0.920. The molecule has 0 amide bonds. The maximum atomic E-state index is 10.5. The Labute approximate surface area is 70.3 Å². The molecular formula is C8H10N2O2. The van der Waals surface area contributed by atoms with Gasteiger partial charge in [-0.2, -0.15) is 0 Å². The molecule has 1 rings (SSSR count). The van der Waals surface area contributed by atoms with Gasteiger partial charge in [-0.25, -0.2) is 14.8 Å². The summed E-state index contributed by atoms with van der Waals surface area (Å²) in [4.78, 5) is 18.4. The number of carboxylic acids is 1. The number of hydrogen-bond acceptors (Lipinski definition) is 3. The number of hydrogen-bond donors (Lipinski definition) is 1. The Balaban J connectivity index is 3.15. The summed E-state index contributed by atoms with van der Waals surface area (Å²) in [6.07, 6.45) is 0.726. The van der Waals surface area contributed by atoms with Crippen molar-refractivity contribution in [2.45, 2.75) is 20.3 Å². The smallest absolute Gasteiger partial charge is 0.354 e. The Bertz CT molecular complexity index is 310. The number of nitrogens with zero attached hydrogens (tertiary/aromatic N) is 2. The lowest BCUT2D eigenvalue weighted by atomic mass is 10.2. The molecule has 1 N–H and O–H groups in total. The summed E-state index contributed by atoms with van der Waals surface area (Å²) >= 11 is 0. The van der Waals surface area contributed by atoms with Crippen molar-refractivity contribution in [3.63, 3.8) is 0 Å². The average molecular weight is 166 g/mol. The van der Waals surface area contributed by atoms with Gasteiger partial charge in [0.25, 0.3) is 0 Å². The van der Waals surface area contributed by atoms with Gasteiger partial charge in [-0.3, -0.25) is 0 Å². The summed E-state index contributed by atoms with van der Waals surface area (Å²) in [7, 11) is 0. The lowest BCUT2D eigenvalue weighted by Gasteiger charge is -1.99. The molecular weight excluding hydrogens is 156 g/mol. The van der Waals surface area contributed by atoms with Gasteiger partial charge in [0, 0.05) is 5.69 Å². The molecule has 0 aromatic carbocycles. The van der Waals surface area contributed by atoms with Crippen LogP contribution in [-0.2, 0) is 6.42 Å². The Kier molecular flexibility index (Phi) is 2.38. The SMILES string of the molecule is CCc1cc(C(=O)O)nc(C)n1. The van der Waals surface area contributed by atoms with Crippen LogP contribution in [0.2, 0.25) is 0 Å². The molecule has 4 heteroatoms. The van der Waals surface area contributed by atoms with Crippen LogP contribution in [0, 0.1) is 6.92 Å². The third kappa shape index (κ3) is 1.78. The van der Waals surface area contributed by atoms with E-state index in [0.717, 1.165) is 12.1 Å². The van der Waals surface area contributed by atoms with Gasteiger partial charge in [0.2, 0.25) is 0 Å². The highest BCUT2D eigenvalue weighted by Gasteiger charge is 2.06. The molecule has 0 saturated heterocycles. The maximum absolute atomic E-state index is 10.5. The van der Waals surface area contributed by atoms with Crippen LogP contribution in [0.4, 0.5) is 0 Å². The van der Waals surface area contributed by atoms with Gasteiger partial charge in [-0.15, -0.1) is 0 Å². The van der Waals surface area contributed by atoms with Crippen molar-refractivity contribution in [1.82, 2.24) is 9.97 Å². The third-order valence-corrected chi connectivity index (χ3v) is 1.47. The van der Waals surface area contributed by atoms with E-state index in [1.165, 1.54) is 6.07 Å². The van der Waals surface area contributed by atoms with Gasteiger partial charge in [-0.05, 0) is 19.4 Å². The molecule has 1 aromatic heterocycles. The second kappa shape index (κ2) is 3.30. The average Bonchev–Trinajstić information content (AvgIpc) is 2.03. The molecule has 1 heterocycles. The third-order valence-electron chi connectivity index (χ3n) is 1.47. The molecule has 64 valence electrons. The van der Waals surface area contributed by atoms with Crippen LogP contribution in [0.3, 0.4) is 0 Å². The zero-order valence-electron chi connectivity index (χ0n) is 7.03. The highest BCUT2D eigenvalue weighted by Crippen LogP contribution is 2.01. The minimum atomic E-state index is -1.00. The zero-order chi connectivity index (χ0) is 9.14. The standard InChI is InChI=1S/C8H10N2O2/c1-3-6-4-7(8(11)12)10-5(2)9-6/h4H,3H2,1-2H3,(H,11,12). The summed E-state index contributed by atoms with van der Waals surface area (Å²) in [6.45, 7) is 3.61. The van der Waals surface area contributed by atoms with E-state index >= 15 is 0 Å². The van der Waals surface area contributed by atoms with Crippen molar-refractivity contribution in [3.05, 3.63) is 23.3 Å². The first-order chi connectivity index (χ1) is 5.63. The van der Waals surface area contributed by atoms with Crippen LogP contribution < -0.4 is 0 Å². The Morgan fingerprint density at radius 3 is 2.75 bits per heavy atom. The fourth-order valence-electron chi connectivity index (χ4n) is 0.920. The number of aryl methyl sites for hydroxylation is 2. The van der Waals surface area contributed by atoms with Crippen LogP contribution in [-0.4, -0.2) is 21.0 Å². The van der Waals surface area contributed by atoms with E-state index in [9.17, 15) is 4.79 Å². The van der Waals surface area contributed by atoms with Crippen molar-refractivity contribution in [1.29, 1.82) is 0 Å². The molecule has 0 atom stereocenters. The van der Waals surface area contributed by atoms with Gasteiger partial charge in [-0.1, -0.05) is 6.92 Å². The minimum Gasteiger partial charge on any atom is -0.477 e. The fraction of sp³-hybridized carbons (Fsp3) is 0.375. The van der Waals surface area contributed by atoms with Crippen LogP contribution in [0.5, 0.6) is 0 Å². The monoisotopic (exact) mass is 166 g/mol. The van der Waals surface area contributed by atoms with E-state index in [1.54, 1.807) is 6.92 Å². The molecule has 4 nitrogen and oxygen atoms in total. The summed E-state index contributed by atoms with van der Waals surface area (Å²) < 4.78 is 0. The maximum Gasteiger partial charge on any atom is 0.354 e. The second-order valence-corrected chi connectivity index (χ2v) is 2.45. The van der Waals surface area contributed by atoms with Crippen molar-refractivity contribution in [3.8, 4) is 0 Å². The minimum absolute atomic E-state index is 0.0688. The molecule has 0 radical (unpaired) electrons. The highest BCUT2D eigenvalue weighted by atomic mass is 16.4. The van der Waals surface area contributed by atoms with Crippen molar-refractivity contribution >= 4 is 5.97 Å². The normalized spacial score (nSPS) is 9.83. The van der Waals surface area contributed by atoms with Crippen molar-refractivity contribution in [2.24, 2.45) is 0 Å². The largest absolute Gasteiger partial charge is 0.477 e. The van der Waals surface area contributed by atoms with Crippen LogP contribution >= 0.6 is 0 Å². The van der Waals surface area contributed by atoms with E-state index in [4.69, 9.17) is 5.11 Å². The first-order valence-corrected chi connectivity index (χ1v) is 3.71. The van der Waals surface area contributed by atoms with E-state index < -0.39 is 5.97 Å². The lowest BCUT2D eigenvalue weighted by Crippen LogP contribution is -2.05. The second-order valence-electron chi connectivity index (χ2n) is 2.45. The van der Waals surface area contributed by atoms with E-state index in [-0.39, 0.29) is 5.69 Å². The van der Waals surface area contributed by atoms with Gasteiger partial charge in [0.05, 0.1) is 0 Å². The van der Waals surface area contributed by atoms with Crippen LogP contribution in [0.15, 0.2) is 6.07 Å². The number of rotatable bonds is 2. The van der Waals surface area contributed by atoms with E-state index in [1.807, 2.05) is 6.92 Å². The van der Waals surface area contributed by atoms with E-state index in [2.05, 4.69) is 9.97 Å². The van der Waals surface area contributed by atoms with Gasteiger partial charge in [0.15, 0.2) is 5.69 Å². The highest BCUT2D eigenvalue weighted by molar-refractivity contribution is 5.85. The Hall–Kier alpha value is -1.45. The molecule has 0 unspecified atom stereocenters. The predicted octanol–water partition coefficient (Wildman–Crippen LogP) is 1.05. The van der Waals surface area contributed by atoms with Crippen LogP contribution in [0.25, 0.3) is 0 Å². The predicted molar refractivity (Wildman–Crippen MR) is 43.1 cm³/mol. The summed E-state index contributed by atoms with van der Waals surface area (Å²) in [6, 6.07) is 1.50. The quantitative estimate of drug-likeness (QED) is 0.713. The number of aromatic carboxylic acids is 1.